The Morgan fingerprint density at radius 2 is 0.542 bits per heavy atom. The van der Waals surface area contributed by atoms with Crippen molar-refractivity contribution in [1.82, 2.24) is 19.9 Å². The lowest BCUT2D eigenvalue weighted by Crippen LogP contribution is -2.63. The van der Waals surface area contributed by atoms with E-state index in [0.717, 1.165) is 83.1 Å². The van der Waals surface area contributed by atoms with Gasteiger partial charge in [0.15, 0.2) is 36.6 Å². The monoisotopic (exact) mass is 1810 g/mol. The number of esters is 13. The van der Waals surface area contributed by atoms with Crippen molar-refractivity contribution in [2.45, 2.75) is 214 Å². The molecule has 0 unspecified atom stereocenters. The molecule has 3 saturated heterocycles. The van der Waals surface area contributed by atoms with Crippen molar-refractivity contribution in [2.24, 2.45) is 0 Å². The summed E-state index contributed by atoms with van der Waals surface area (Å²) in [5.74, 6) is -9.35. The van der Waals surface area contributed by atoms with Gasteiger partial charge in [-0.3, -0.25) is 62.3 Å². The first kappa shape index (κ1) is 95.8. The molecule has 12 rings (SSSR count). The number of nitrogens with one attached hydrogen (secondary N) is 2. The summed E-state index contributed by atoms with van der Waals surface area (Å²) in [5.41, 5.74) is 7.26. The van der Waals surface area contributed by atoms with E-state index in [1.54, 1.807) is 118 Å². The quantitative estimate of drug-likeness (QED) is 0.0240. The standard InChI is InChI=1S/C94H98N4O33/c1-46(99)113-43-74-82(116-49(4)102)85(119-52(7)105)88(122-55(10)108)91(128-74)125-63-28-20-59(21-29-63)79-68-36-34-66(95-68)78(58-18-26-62(27-19-58)112-42-16-17-77(111)131-94(13,14)15)67-35-37-69(96-67)80(60-22-30-64(31-23-60)126-92-89(123-56(11)109)86(120-53(8)106)83(117-50(5)103)75(129-92)44-114-47(2)100)71-39-41-73(98-71)81(72-40-38-70(79)97-72)61-24-32-65(33-25-61)127-93-90(124-57(12)110)87(121-54(9)107)84(118-51(6)104)76(130-93)45-115-48(3)101/h18-41,74-76,82-93,95,98H,16-17,42-45H2,1-15H3/t74-,75-,76-,82-,83-,84-,85+,86+,87+,88-,89-,90-,91-,92-,93-/m1/s1. The molecule has 8 bridgehead atoms. The number of rotatable bonds is 30. The smallest absolute Gasteiger partial charge is 0.306 e. The minimum absolute atomic E-state index is 0.0921. The maximum Gasteiger partial charge on any atom is 0.306 e. The molecule has 7 aromatic rings. The van der Waals surface area contributed by atoms with E-state index < -0.39 is 189 Å². The Hall–Kier alpha value is -14.3. The van der Waals surface area contributed by atoms with E-state index in [-0.39, 0.29) is 36.2 Å². The number of nitrogens with zero attached hydrogens (tertiary/aromatic N) is 2. The fourth-order valence-corrected chi connectivity index (χ4v) is 15.3. The average Bonchev–Trinajstić information content (AvgIpc) is 1.34. The Bertz CT molecular complexity index is 5580. The van der Waals surface area contributed by atoms with Crippen LogP contribution in [0.2, 0.25) is 0 Å². The summed E-state index contributed by atoms with van der Waals surface area (Å²) in [6.45, 7) is 17.3. The minimum atomic E-state index is -1.62. The molecule has 8 heterocycles. The molecule has 3 fully saturated rings. The maximum absolute atomic E-state index is 13.0. The molecule has 0 amide bonds. The molecular weight excluding hydrogens is 1710 g/mol. The average molecular weight is 1810 g/mol. The molecule has 2 N–H and O–H groups in total. The predicted molar refractivity (Wildman–Crippen MR) is 459 cm³/mol. The van der Waals surface area contributed by atoms with Gasteiger partial charge in [0.25, 0.3) is 0 Å². The van der Waals surface area contributed by atoms with Crippen LogP contribution in [-0.4, -0.2) is 222 Å². The Balaban J connectivity index is 1.05. The van der Waals surface area contributed by atoms with Crippen molar-refractivity contribution in [2.75, 3.05) is 26.4 Å². The molecule has 37 nitrogen and oxygen atoms in total. The molecule has 0 radical (unpaired) electrons. The van der Waals surface area contributed by atoms with Crippen LogP contribution in [0.15, 0.2) is 121 Å². The topological polar surface area (TPSA) is 464 Å². The van der Waals surface area contributed by atoms with Gasteiger partial charge in [0.1, 0.15) is 66.7 Å². The van der Waals surface area contributed by atoms with Gasteiger partial charge in [-0.05, 0) is 147 Å². The number of ether oxygens (including phenoxy) is 20. The summed E-state index contributed by atoms with van der Waals surface area (Å²) in [4.78, 5) is 183. The first-order valence-electron chi connectivity index (χ1n) is 41.6. The molecular formula is C94H98N4O33. The Labute approximate surface area is 750 Å². The van der Waals surface area contributed by atoms with E-state index in [1.807, 2.05) is 48.6 Å². The third-order valence-electron chi connectivity index (χ3n) is 20.1. The van der Waals surface area contributed by atoms with Gasteiger partial charge >= 0.3 is 77.6 Å². The number of hydrogen-bond donors (Lipinski definition) is 2. The highest BCUT2D eigenvalue weighted by Crippen LogP contribution is 2.43. The SMILES string of the molecule is CC(=O)OC[C@H]1O[C@@H](Oc2ccc(-c3c4nc(c(-c5ccc(O[C@@H]6O[C@H](COC(C)=O)[C@@H](OC(C)=O)[C@H](OC(C)=O)[C@H]6OC(C)=O)cc5)c5ccc([nH]5)c(-c5ccc(O[C@@H]6O[C@H](COC(C)=O)[C@@H](OC(C)=O)[C@H](OC(C)=O)[C@H]6OC(C)=O)cc5)c5nc(c(-c6ccc(OCCCC(=O)OC(C)(C)C)cc6)c6ccc3[nH]6)C=C5)C=C4)cc2)[C@H](OC(C)=O)[C@@H](OC(C)=O)[C@@H]1OC(C)=O. The van der Waals surface area contributed by atoms with Crippen LogP contribution >= 0.6 is 0 Å². The number of H-pyrrole nitrogens is 2. The molecule has 37 heteroatoms. The van der Waals surface area contributed by atoms with Gasteiger partial charge in [-0.1, -0.05) is 48.5 Å². The second kappa shape index (κ2) is 42.3. The molecule has 15 atom stereocenters. The fraction of sp³-hybridized carbons (Fsp3) is 0.394. The van der Waals surface area contributed by atoms with Gasteiger partial charge in [0.2, 0.25) is 37.2 Å². The van der Waals surface area contributed by atoms with E-state index in [1.165, 1.54) is 0 Å². The van der Waals surface area contributed by atoms with Crippen molar-refractivity contribution in [3.05, 3.63) is 144 Å². The number of carbonyl (C=O) groups is 13. The van der Waals surface area contributed by atoms with Crippen LogP contribution in [0.4, 0.5) is 0 Å². The van der Waals surface area contributed by atoms with Crippen LogP contribution in [0, 0.1) is 0 Å². The number of carbonyl (C=O) groups excluding carboxylic acids is 13. The van der Waals surface area contributed by atoms with E-state index >= 15 is 0 Å². The van der Waals surface area contributed by atoms with Crippen LogP contribution in [-0.2, 0) is 138 Å². The van der Waals surface area contributed by atoms with Crippen molar-refractivity contribution in [3.8, 4) is 67.5 Å². The predicted octanol–water partition coefficient (Wildman–Crippen LogP) is 11.2. The number of aromatic amines is 2. The molecule has 0 spiro atoms. The fourth-order valence-electron chi connectivity index (χ4n) is 15.3. The normalized spacial score (nSPS) is 21.9. The zero-order valence-corrected chi connectivity index (χ0v) is 74.1. The summed E-state index contributed by atoms with van der Waals surface area (Å²) in [5, 5.41) is 0. The van der Waals surface area contributed by atoms with Crippen LogP contribution in [0.1, 0.15) is 139 Å². The lowest BCUT2D eigenvalue weighted by atomic mass is 9.98. The third-order valence-corrected chi connectivity index (χ3v) is 20.1. The molecule has 0 aliphatic carbocycles. The van der Waals surface area contributed by atoms with Gasteiger partial charge < -0.3 is 105 Å². The van der Waals surface area contributed by atoms with Gasteiger partial charge in [-0.25, -0.2) is 9.97 Å². The third kappa shape index (κ3) is 25.0. The molecule has 5 aliphatic rings. The molecule has 4 aromatic carbocycles. The van der Waals surface area contributed by atoms with E-state index in [0.29, 0.717) is 102 Å². The van der Waals surface area contributed by atoms with Crippen molar-refractivity contribution in [3.63, 3.8) is 0 Å². The van der Waals surface area contributed by atoms with E-state index in [2.05, 4.69) is 9.97 Å². The molecule has 3 aromatic heterocycles. The van der Waals surface area contributed by atoms with Gasteiger partial charge in [0.05, 0.1) is 29.4 Å². The number of fused-ring (bicyclic) bond motifs is 8. The second-order valence-electron chi connectivity index (χ2n) is 31.7. The number of benzene rings is 4. The van der Waals surface area contributed by atoms with Crippen LogP contribution in [0.5, 0.6) is 23.0 Å². The summed E-state index contributed by atoms with van der Waals surface area (Å²) >= 11 is 0. The largest absolute Gasteiger partial charge is 0.494 e. The summed E-state index contributed by atoms with van der Waals surface area (Å²) < 4.78 is 117. The van der Waals surface area contributed by atoms with Gasteiger partial charge in [-0.15, -0.1) is 0 Å². The first-order chi connectivity index (χ1) is 62.3. The number of hydrogen-bond acceptors (Lipinski definition) is 35. The first-order valence-corrected chi connectivity index (χ1v) is 41.6. The van der Waals surface area contributed by atoms with Crippen molar-refractivity contribution >= 4 is 124 Å². The maximum atomic E-state index is 13.0. The summed E-state index contributed by atoms with van der Waals surface area (Å²) in [6, 6.07) is 34.6. The highest BCUT2D eigenvalue weighted by molar-refractivity contribution is 6.00. The van der Waals surface area contributed by atoms with Crippen molar-refractivity contribution < 1.29 is 157 Å². The summed E-state index contributed by atoms with van der Waals surface area (Å²) in [7, 11) is 0. The van der Waals surface area contributed by atoms with Crippen LogP contribution in [0.25, 0.3) is 90.9 Å². The van der Waals surface area contributed by atoms with E-state index in [9.17, 15) is 62.3 Å². The number of aromatic nitrogens is 4. The van der Waals surface area contributed by atoms with Crippen LogP contribution < -0.4 is 18.9 Å². The van der Waals surface area contributed by atoms with E-state index in [4.69, 9.17) is 105 Å². The minimum Gasteiger partial charge on any atom is -0.494 e. The molecule has 692 valence electrons. The van der Waals surface area contributed by atoms with Gasteiger partial charge in [-0.2, -0.15) is 0 Å². The Morgan fingerprint density at radius 3 is 0.779 bits per heavy atom. The second-order valence-corrected chi connectivity index (χ2v) is 31.7. The van der Waals surface area contributed by atoms with Crippen molar-refractivity contribution in [1.29, 1.82) is 0 Å². The highest BCUT2D eigenvalue weighted by atomic mass is 16.8. The molecule has 0 saturated carbocycles. The Morgan fingerprint density at radius 1 is 0.305 bits per heavy atom. The lowest BCUT2D eigenvalue weighted by Gasteiger charge is -2.43. The van der Waals surface area contributed by atoms with Gasteiger partial charge in [0, 0.05) is 134 Å². The Kier molecular flexibility index (Phi) is 30.9. The zero-order chi connectivity index (χ0) is 94.4. The molecule has 131 heavy (non-hydrogen) atoms. The lowest BCUT2D eigenvalue weighted by molar-refractivity contribution is -0.288. The zero-order valence-electron chi connectivity index (χ0n) is 74.1. The summed E-state index contributed by atoms with van der Waals surface area (Å²) in [6.07, 6.45) is -14.9. The van der Waals surface area contributed by atoms with Crippen LogP contribution in [0.3, 0.4) is 0 Å². The highest BCUT2D eigenvalue weighted by Gasteiger charge is 2.57. The molecule has 5 aliphatic heterocycles.